The second-order valence-corrected chi connectivity index (χ2v) is 5.93. The van der Waals surface area contributed by atoms with Crippen LogP contribution in [0.1, 0.15) is 24.8 Å². The van der Waals surface area contributed by atoms with Crippen molar-refractivity contribution in [1.29, 1.82) is 0 Å². The van der Waals surface area contributed by atoms with Crippen molar-refractivity contribution in [3.05, 3.63) is 17.3 Å². The Kier molecular flexibility index (Phi) is 3.18. The van der Waals surface area contributed by atoms with Crippen LogP contribution in [0.15, 0.2) is 11.7 Å². The third-order valence-corrected chi connectivity index (χ3v) is 4.87. The summed E-state index contributed by atoms with van der Waals surface area (Å²) in [6.07, 6.45) is 5.28. The molecule has 2 aromatic heterocycles. The van der Waals surface area contributed by atoms with Crippen LogP contribution >= 0.6 is 11.3 Å². The SMILES string of the molecule is Cc1csc2c(NCC3CCCC3N)ncnc12. The Labute approximate surface area is 111 Å². The molecule has 0 amide bonds. The maximum atomic E-state index is 6.09. The fourth-order valence-corrected chi connectivity index (χ4v) is 3.61. The third kappa shape index (κ3) is 2.08. The maximum Gasteiger partial charge on any atom is 0.147 e. The molecule has 2 unspecified atom stereocenters. The van der Waals surface area contributed by atoms with Gasteiger partial charge in [-0.1, -0.05) is 6.42 Å². The first-order chi connectivity index (χ1) is 8.75. The number of fused-ring (bicyclic) bond motifs is 1. The highest BCUT2D eigenvalue weighted by Crippen LogP contribution is 2.29. The van der Waals surface area contributed by atoms with Gasteiger partial charge in [0.15, 0.2) is 0 Å². The minimum atomic E-state index is 0.347. The highest BCUT2D eigenvalue weighted by Gasteiger charge is 2.23. The first kappa shape index (κ1) is 11.9. The van der Waals surface area contributed by atoms with Crippen molar-refractivity contribution < 1.29 is 0 Å². The number of hydrogen-bond donors (Lipinski definition) is 2. The highest BCUT2D eigenvalue weighted by molar-refractivity contribution is 7.18. The van der Waals surface area contributed by atoms with E-state index in [2.05, 4.69) is 27.6 Å². The van der Waals surface area contributed by atoms with E-state index in [0.29, 0.717) is 12.0 Å². The Morgan fingerprint density at radius 2 is 2.33 bits per heavy atom. The lowest BCUT2D eigenvalue weighted by molar-refractivity contribution is 0.505. The van der Waals surface area contributed by atoms with Gasteiger partial charge in [-0.05, 0) is 36.6 Å². The molecule has 0 spiro atoms. The van der Waals surface area contributed by atoms with Gasteiger partial charge in [-0.15, -0.1) is 11.3 Å². The Morgan fingerprint density at radius 3 is 3.11 bits per heavy atom. The standard InChI is InChI=1S/C13H18N4S/c1-8-6-18-12-11(8)16-7-17-13(12)15-5-9-3-2-4-10(9)14/h6-7,9-10H,2-5,14H2,1H3,(H,15,16,17). The summed E-state index contributed by atoms with van der Waals surface area (Å²) in [5.41, 5.74) is 8.37. The molecule has 5 heteroatoms. The average Bonchev–Trinajstić information content (AvgIpc) is 2.95. The monoisotopic (exact) mass is 262 g/mol. The predicted octanol–water partition coefficient (Wildman–Crippen LogP) is 2.54. The number of aromatic nitrogens is 2. The minimum absolute atomic E-state index is 0.347. The van der Waals surface area contributed by atoms with Gasteiger partial charge in [-0.2, -0.15) is 0 Å². The van der Waals surface area contributed by atoms with E-state index in [1.165, 1.54) is 18.4 Å². The van der Waals surface area contributed by atoms with Gasteiger partial charge in [-0.25, -0.2) is 9.97 Å². The lowest BCUT2D eigenvalue weighted by atomic mass is 10.1. The zero-order chi connectivity index (χ0) is 12.5. The van der Waals surface area contributed by atoms with Crippen LogP contribution < -0.4 is 11.1 Å². The Hall–Kier alpha value is -1.20. The predicted molar refractivity (Wildman–Crippen MR) is 76.0 cm³/mol. The fourth-order valence-electron chi connectivity index (χ4n) is 2.64. The van der Waals surface area contributed by atoms with E-state index in [1.54, 1.807) is 17.7 Å². The number of rotatable bonds is 3. The molecular formula is C13H18N4S. The van der Waals surface area contributed by atoms with Gasteiger partial charge >= 0.3 is 0 Å². The van der Waals surface area contributed by atoms with E-state index in [0.717, 1.165) is 29.0 Å². The summed E-state index contributed by atoms with van der Waals surface area (Å²) in [4.78, 5) is 8.68. The molecule has 18 heavy (non-hydrogen) atoms. The number of thiophene rings is 1. The van der Waals surface area contributed by atoms with Gasteiger partial charge in [0.25, 0.3) is 0 Å². The van der Waals surface area contributed by atoms with Gasteiger partial charge in [0.1, 0.15) is 12.1 Å². The van der Waals surface area contributed by atoms with Crippen LogP contribution in [0.25, 0.3) is 10.2 Å². The molecule has 1 saturated carbocycles. The maximum absolute atomic E-state index is 6.09. The number of nitrogens with one attached hydrogen (secondary N) is 1. The zero-order valence-electron chi connectivity index (χ0n) is 10.5. The minimum Gasteiger partial charge on any atom is -0.368 e. The smallest absolute Gasteiger partial charge is 0.147 e. The molecular weight excluding hydrogens is 244 g/mol. The van der Waals surface area contributed by atoms with E-state index in [1.807, 2.05) is 0 Å². The van der Waals surface area contributed by atoms with Crippen molar-refractivity contribution in [2.75, 3.05) is 11.9 Å². The van der Waals surface area contributed by atoms with Gasteiger partial charge in [0, 0.05) is 12.6 Å². The van der Waals surface area contributed by atoms with Crippen molar-refractivity contribution in [2.24, 2.45) is 11.7 Å². The van der Waals surface area contributed by atoms with Gasteiger partial charge < -0.3 is 11.1 Å². The average molecular weight is 262 g/mol. The summed E-state index contributed by atoms with van der Waals surface area (Å²) in [7, 11) is 0. The molecule has 2 heterocycles. The largest absolute Gasteiger partial charge is 0.368 e. The molecule has 3 N–H and O–H groups in total. The number of aryl methyl sites for hydroxylation is 1. The summed E-state index contributed by atoms with van der Waals surface area (Å²) < 4.78 is 1.15. The van der Waals surface area contributed by atoms with Crippen molar-refractivity contribution in [1.82, 2.24) is 9.97 Å². The van der Waals surface area contributed by atoms with Crippen LogP contribution in [0.5, 0.6) is 0 Å². The quantitative estimate of drug-likeness (QED) is 0.892. The molecule has 0 aromatic carbocycles. The van der Waals surface area contributed by atoms with Gasteiger partial charge in [0.05, 0.1) is 10.2 Å². The molecule has 1 aliphatic rings. The van der Waals surface area contributed by atoms with Crippen molar-refractivity contribution in [2.45, 2.75) is 32.2 Å². The van der Waals surface area contributed by atoms with Gasteiger partial charge in [0.2, 0.25) is 0 Å². The Balaban J connectivity index is 1.78. The molecule has 3 rings (SSSR count). The van der Waals surface area contributed by atoms with Crippen molar-refractivity contribution in [3.63, 3.8) is 0 Å². The Morgan fingerprint density at radius 1 is 1.44 bits per heavy atom. The van der Waals surface area contributed by atoms with E-state index < -0.39 is 0 Å². The Bertz CT molecular complexity index is 551. The fraction of sp³-hybridized carbons (Fsp3) is 0.538. The number of nitrogens with two attached hydrogens (primary N) is 1. The first-order valence-corrected chi connectivity index (χ1v) is 7.32. The van der Waals surface area contributed by atoms with Crippen LogP contribution in [0, 0.1) is 12.8 Å². The zero-order valence-corrected chi connectivity index (χ0v) is 11.3. The molecule has 2 aromatic rings. The van der Waals surface area contributed by atoms with Gasteiger partial charge in [-0.3, -0.25) is 0 Å². The van der Waals surface area contributed by atoms with Crippen LogP contribution in [0.4, 0.5) is 5.82 Å². The first-order valence-electron chi connectivity index (χ1n) is 6.44. The third-order valence-electron chi connectivity index (χ3n) is 3.78. The number of nitrogens with zero attached hydrogens (tertiary/aromatic N) is 2. The lowest BCUT2D eigenvalue weighted by Gasteiger charge is -2.16. The molecule has 2 atom stereocenters. The van der Waals surface area contributed by atoms with E-state index in [4.69, 9.17) is 5.73 Å². The molecule has 4 nitrogen and oxygen atoms in total. The molecule has 0 bridgehead atoms. The van der Waals surface area contributed by atoms with Crippen LogP contribution in [-0.2, 0) is 0 Å². The summed E-state index contributed by atoms with van der Waals surface area (Å²) in [6.45, 7) is 3.01. The molecule has 96 valence electrons. The second-order valence-electron chi connectivity index (χ2n) is 5.05. The second kappa shape index (κ2) is 4.82. The molecule has 0 aliphatic heterocycles. The lowest BCUT2D eigenvalue weighted by Crippen LogP contribution is -2.29. The van der Waals surface area contributed by atoms with Crippen molar-refractivity contribution in [3.8, 4) is 0 Å². The number of hydrogen-bond acceptors (Lipinski definition) is 5. The summed E-state index contributed by atoms with van der Waals surface area (Å²) in [5, 5.41) is 5.58. The van der Waals surface area contributed by atoms with Crippen molar-refractivity contribution >= 4 is 27.4 Å². The molecule has 0 saturated heterocycles. The van der Waals surface area contributed by atoms with Crippen LogP contribution in [-0.4, -0.2) is 22.6 Å². The highest BCUT2D eigenvalue weighted by atomic mass is 32.1. The van der Waals surface area contributed by atoms with Crippen LogP contribution in [0.2, 0.25) is 0 Å². The van der Waals surface area contributed by atoms with E-state index in [-0.39, 0.29) is 0 Å². The van der Waals surface area contributed by atoms with E-state index in [9.17, 15) is 0 Å². The molecule has 1 aliphatic carbocycles. The number of anilines is 1. The summed E-state index contributed by atoms with van der Waals surface area (Å²) >= 11 is 1.71. The topological polar surface area (TPSA) is 63.8 Å². The summed E-state index contributed by atoms with van der Waals surface area (Å²) in [6, 6.07) is 0.347. The molecule has 1 fully saturated rings. The van der Waals surface area contributed by atoms with E-state index >= 15 is 0 Å². The summed E-state index contributed by atoms with van der Waals surface area (Å²) in [5.74, 6) is 1.54. The molecule has 0 radical (unpaired) electrons. The van der Waals surface area contributed by atoms with Crippen LogP contribution in [0.3, 0.4) is 0 Å². The normalized spacial score (nSPS) is 23.7.